The molecule has 0 saturated heterocycles. The van der Waals surface area contributed by atoms with Crippen LogP contribution in [0.4, 0.5) is 5.13 Å². The van der Waals surface area contributed by atoms with Crippen LogP contribution in [0.15, 0.2) is 47.6 Å². The SMILES string of the molecule is COc1ccc(C(=O)Nc2nnc(CC(=O)N/N=C\c3ccc4c(c3)OCO4)s2)cc1. The summed E-state index contributed by atoms with van der Waals surface area (Å²) in [7, 11) is 1.55. The van der Waals surface area contributed by atoms with Gasteiger partial charge in [0, 0.05) is 5.56 Å². The van der Waals surface area contributed by atoms with E-state index in [1.165, 1.54) is 6.21 Å². The van der Waals surface area contributed by atoms with Crippen molar-refractivity contribution in [2.45, 2.75) is 6.42 Å². The van der Waals surface area contributed by atoms with Crippen molar-refractivity contribution in [3.8, 4) is 17.2 Å². The van der Waals surface area contributed by atoms with E-state index < -0.39 is 0 Å². The smallest absolute Gasteiger partial charge is 0.257 e. The lowest BCUT2D eigenvalue weighted by molar-refractivity contribution is -0.120. The molecule has 0 spiro atoms. The lowest BCUT2D eigenvalue weighted by Gasteiger charge is -2.02. The largest absolute Gasteiger partial charge is 0.497 e. The van der Waals surface area contributed by atoms with E-state index in [1.807, 2.05) is 0 Å². The summed E-state index contributed by atoms with van der Waals surface area (Å²) in [5, 5.41) is 15.2. The number of anilines is 1. The molecule has 10 nitrogen and oxygen atoms in total. The Morgan fingerprint density at radius 2 is 1.97 bits per heavy atom. The number of fused-ring (bicyclic) bond motifs is 1. The van der Waals surface area contributed by atoms with Gasteiger partial charge in [0.2, 0.25) is 17.8 Å². The normalized spacial score (nSPS) is 12.0. The van der Waals surface area contributed by atoms with Gasteiger partial charge in [-0.15, -0.1) is 10.2 Å². The molecule has 1 aromatic heterocycles. The zero-order valence-electron chi connectivity index (χ0n) is 16.3. The number of nitrogens with zero attached hydrogens (tertiary/aromatic N) is 3. The number of amides is 2. The number of hydrogen-bond donors (Lipinski definition) is 2. The maximum absolute atomic E-state index is 12.3. The molecule has 2 heterocycles. The second-order valence-electron chi connectivity index (χ2n) is 6.27. The number of carbonyl (C=O) groups is 2. The first-order valence-corrected chi connectivity index (χ1v) is 9.92. The van der Waals surface area contributed by atoms with Crippen LogP contribution in [0.3, 0.4) is 0 Å². The van der Waals surface area contributed by atoms with Gasteiger partial charge in [-0.25, -0.2) is 5.43 Å². The Morgan fingerprint density at radius 1 is 1.16 bits per heavy atom. The van der Waals surface area contributed by atoms with E-state index in [1.54, 1.807) is 49.6 Å². The predicted molar refractivity (Wildman–Crippen MR) is 113 cm³/mol. The van der Waals surface area contributed by atoms with Gasteiger partial charge in [-0.1, -0.05) is 11.3 Å². The van der Waals surface area contributed by atoms with Crippen molar-refractivity contribution in [2.24, 2.45) is 5.10 Å². The molecular weight excluding hydrogens is 422 g/mol. The van der Waals surface area contributed by atoms with Crippen molar-refractivity contribution < 1.29 is 23.8 Å². The minimum absolute atomic E-state index is 0.0193. The number of rotatable bonds is 7. The molecule has 1 aliphatic heterocycles. The van der Waals surface area contributed by atoms with Crippen LogP contribution in [0.2, 0.25) is 0 Å². The average Bonchev–Trinajstić information content (AvgIpc) is 3.42. The summed E-state index contributed by atoms with van der Waals surface area (Å²) in [6.07, 6.45) is 1.48. The number of methoxy groups -OCH3 is 1. The third-order valence-corrected chi connectivity index (χ3v) is 4.99. The standard InChI is InChI=1S/C20H17N5O5S/c1-28-14-5-3-13(4-6-14)19(27)22-20-25-24-18(31-20)9-17(26)23-21-10-12-2-7-15-16(8-12)30-11-29-15/h2-8,10H,9,11H2,1H3,(H,23,26)(H,22,25,27)/b21-10-. The Kier molecular flexibility index (Phi) is 6.03. The number of carbonyl (C=O) groups excluding carboxylic acids is 2. The molecule has 4 rings (SSSR count). The Bertz CT molecular complexity index is 1130. The minimum Gasteiger partial charge on any atom is -0.497 e. The summed E-state index contributed by atoms with van der Waals surface area (Å²) in [5.41, 5.74) is 3.64. The first-order valence-electron chi connectivity index (χ1n) is 9.10. The average molecular weight is 439 g/mol. The Morgan fingerprint density at radius 3 is 2.77 bits per heavy atom. The molecule has 0 unspecified atom stereocenters. The zero-order valence-corrected chi connectivity index (χ0v) is 17.1. The van der Waals surface area contributed by atoms with Gasteiger partial charge >= 0.3 is 0 Å². The fourth-order valence-electron chi connectivity index (χ4n) is 2.64. The molecule has 0 aliphatic carbocycles. The molecule has 2 amide bonds. The van der Waals surface area contributed by atoms with Gasteiger partial charge in [-0.2, -0.15) is 5.10 Å². The maximum Gasteiger partial charge on any atom is 0.257 e. The second kappa shape index (κ2) is 9.22. The number of ether oxygens (including phenoxy) is 3. The molecule has 2 N–H and O–H groups in total. The van der Waals surface area contributed by atoms with Crippen LogP contribution in [0.5, 0.6) is 17.2 Å². The quantitative estimate of drug-likeness (QED) is 0.427. The van der Waals surface area contributed by atoms with Crippen LogP contribution >= 0.6 is 11.3 Å². The van der Waals surface area contributed by atoms with Gasteiger partial charge in [-0.3, -0.25) is 14.9 Å². The van der Waals surface area contributed by atoms with Crippen molar-refractivity contribution in [3.05, 3.63) is 58.6 Å². The summed E-state index contributed by atoms with van der Waals surface area (Å²) in [6.45, 7) is 0.192. The first-order chi connectivity index (χ1) is 15.1. The predicted octanol–water partition coefficient (Wildman–Crippen LogP) is 2.22. The molecule has 0 radical (unpaired) electrons. The van der Waals surface area contributed by atoms with E-state index in [9.17, 15) is 9.59 Å². The fourth-order valence-corrected chi connectivity index (χ4v) is 3.37. The van der Waals surface area contributed by atoms with Crippen molar-refractivity contribution in [1.82, 2.24) is 15.6 Å². The first kappa shape index (κ1) is 20.3. The molecule has 0 bridgehead atoms. The highest BCUT2D eigenvalue weighted by atomic mass is 32.1. The van der Waals surface area contributed by atoms with Crippen LogP contribution in [0, 0.1) is 0 Å². The lowest BCUT2D eigenvalue weighted by Crippen LogP contribution is -2.19. The number of hydrazone groups is 1. The molecule has 1 aliphatic rings. The highest BCUT2D eigenvalue weighted by molar-refractivity contribution is 7.15. The van der Waals surface area contributed by atoms with Gasteiger partial charge in [0.1, 0.15) is 10.8 Å². The van der Waals surface area contributed by atoms with Gasteiger partial charge in [0.05, 0.1) is 19.7 Å². The lowest BCUT2D eigenvalue weighted by atomic mass is 10.2. The summed E-state index contributed by atoms with van der Waals surface area (Å²) < 4.78 is 15.6. The van der Waals surface area contributed by atoms with Crippen LogP contribution in [0.25, 0.3) is 0 Å². The van der Waals surface area contributed by atoms with Crippen molar-refractivity contribution in [2.75, 3.05) is 19.2 Å². The maximum atomic E-state index is 12.3. The Hall–Kier alpha value is -3.99. The van der Waals surface area contributed by atoms with E-state index in [-0.39, 0.29) is 25.0 Å². The molecule has 2 aromatic carbocycles. The fraction of sp³-hybridized carbons (Fsp3) is 0.150. The molecule has 11 heteroatoms. The van der Waals surface area contributed by atoms with E-state index in [4.69, 9.17) is 14.2 Å². The molecule has 0 saturated carbocycles. The molecule has 31 heavy (non-hydrogen) atoms. The van der Waals surface area contributed by atoms with Crippen molar-refractivity contribution in [1.29, 1.82) is 0 Å². The van der Waals surface area contributed by atoms with E-state index in [2.05, 4.69) is 26.0 Å². The number of nitrogens with one attached hydrogen (secondary N) is 2. The molecule has 0 fully saturated rings. The number of aromatic nitrogens is 2. The van der Waals surface area contributed by atoms with E-state index in [0.717, 1.165) is 16.9 Å². The van der Waals surface area contributed by atoms with Crippen LogP contribution in [-0.4, -0.2) is 42.1 Å². The highest BCUT2D eigenvalue weighted by Gasteiger charge is 2.14. The van der Waals surface area contributed by atoms with Crippen molar-refractivity contribution in [3.63, 3.8) is 0 Å². The molecule has 3 aromatic rings. The van der Waals surface area contributed by atoms with Gasteiger partial charge in [-0.05, 0) is 48.0 Å². The van der Waals surface area contributed by atoms with Crippen LogP contribution < -0.4 is 25.0 Å². The summed E-state index contributed by atoms with van der Waals surface area (Å²) >= 11 is 1.11. The third kappa shape index (κ3) is 5.14. The second-order valence-corrected chi connectivity index (χ2v) is 7.33. The minimum atomic E-state index is -0.360. The van der Waals surface area contributed by atoms with Gasteiger partial charge in [0.25, 0.3) is 5.91 Å². The monoisotopic (exact) mass is 439 g/mol. The third-order valence-electron chi connectivity index (χ3n) is 4.15. The highest BCUT2D eigenvalue weighted by Crippen LogP contribution is 2.31. The van der Waals surface area contributed by atoms with Gasteiger partial charge in [0.15, 0.2) is 11.5 Å². The summed E-state index contributed by atoms with van der Waals surface area (Å²) in [4.78, 5) is 24.3. The van der Waals surface area contributed by atoms with Crippen LogP contribution in [0.1, 0.15) is 20.9 Å². The molecule has 0 atom stereocenters. The number of hydrogen-bond acceptors (Lipinski definition) is 9. The van der Waals surface area contributed by atoms with Gasteiger partial charge < -0.3 is 14.2 Å². The Balaban J connectivity index is 1.28. The zero-order chi connectivity index (χ0) is 21.6. The molecule has 158 valence electrons. The summed E-state index contributed by atoms with van der Waals surface area (Å²) in [5.74, 6) is 1.27. The van der Waals surface area contributed by atoms with Crippen molar-refractivity contribution >= 4 is 34.5 Å². The van der Waals surface area contributed by atoms with Crippen LogP contribution in [-0.2, 0) is 11.2 Å². The summed E-state index contributed by atoms with van der Waals surface area (Å²) in [6, 6.07) is 12.0. The topological polar surface area (TPSA) is 124 Å². The van der Waals surface area contributed by atoms with E-state index >= 15 is 0 Å². The molecular formula is C20H17N5O5S. The Labute approximate surface area is 180 Å². The number of benzene rings is 2. The van der Waals surface area contributed by atoms with E-state index in [0.29, 0.717) is 33.0 Å².